The van der Waals surface area contributed by atoms with Gasteiger partial charge in [0.15, 0.2) is 0 Å². The number of hydrogen-bond donors (Lipinski definition) is 1. The summed E-state index contributed by atoms with van der Waals surface area (Å²) in [4.78, 5) is 49.5. The maximum Gasteiger partial charge on any atom is 0.257 e. The van der Waals surface area contributed by atoms with Crippen molar-refractivity contribution in [2.45, 2.75) is 32.0 Å². The minimum atomic E-state index is -0.595. The van der Waals surface area contributed by atoms with E-state index in [1.165, 1.54) is 29.3 Å². The maximum absolute atomic E-state index is 14.3. The lowest BCUT2D eigenvalue weighted by molar-refractivity contribution is -0.143. The number of nitrogens with zero attached hydrogens (tertiary/aromatic N) is 4. The van der Waals surface area contributed by atoms with Gasteiger partial charge in [0.2, 0.25) is 11.8 Å². The Morgan fingerprint density at radius 3 is 2.74 bits per heavy atom. The molecule has 2 fully saturated rings. The Hall–Kier alpha value is -3.57. The number of likely N-dealkylation sites (tertiary alicyclic amines) is 1. The van der Waals surface area contributed by atoms with E-state index in [2.05, 4.69) is 29.0 Å². The largest absolute Gasteiger partial charge is 0.475 e. The van der Waals surface area contributed by atoms with Crippen LogP contribution in [-0.4, -0.2) is 108 Å². The zero-order valence-corrected chi connectivity index (χ0v) is 22.2. The second-order valence-electron chi connectivity index (χ2n) is 10.7. The highest BCUT2D eigenvalue weighted by molar-refractivity contribution is 5.96. The number of benzene rings is 1. The van der Waals surface area contributed by atoms with Gasteiger partial charge in [-0.3, -0.25) is 19.3 Å². The van der Waals surface area contributed by atoms with Crippen molar-refractivity contribution < 1.29 is 28.2 Å². The molecule has 3 amide bonds. The number of carbonyl (C=O) groups excluding carboxylic acids is 3. The van der Waals surface area contributed by atoms with E-state index < -0.39 is 17.8 Å². The Morgan fingerprint density at radius 2 is 1.95 bits per heavy atom. The van der Waals surface area contributed by atoms with Crippen LogP contribution in [0.1, 0.15) is 34.6 Å². The van der Waals surface area contributed by atoms with Crippen molar-refractivity contribution in [3.05, 3.63) is 59.5 Å². The molecule has 2 saturated heterocycles. The molecular weight excluding hydrogens is 505 g/mol. The van der Waals surface area contributed by atoms with Crippen molar-refractivity contribution in [1.29, 1.82) is 0 Å². The van der Waals surface area contributed by atoms with Gasteiger partial charge in [0, 0.05) is 45.5 Å². The van der Waals surface area contributed by atoms with E-state index in [0.29, 0.717) is 19.0 Å². The first-order chi connectivity index (χ1) is 18.8. The fourth-order valence-electron chi connectivity index (χ4n) is 5.50. The summed E-state index contributed by atoms with van der Waals surface area (Å²) in [6.07, 6.45) is 1.18. The predicted molar refractivity (Wildman–Crippen MR) is 140 cm³/mol. The number of aromatic nitrogens is 1. The molecule has 0 spiro atoms. The van der Waals surface area contributed by atoms with Crippen molar-refractivity contribution in [2.75, 3.05) is 52.5 Å². The average Bonchev–Trinajstić information content (AvgIpc) is 3.29. The van der Waals surface area contributed by atoms with Gasteiger partial charge < -0.3 is 24.6 Å². The van der Waals surface area contributed by atoms with Gasteiger partial charge in [-0.15, -0.1) is 0 Å². The summed E-state index contributed by atoms with van der Waals surface area (Å²) < 4.78 is 26.5. The lowest BCUT2D eigenvalue weighted by atomic mass is 10.1. The Bertz CT molecular complexity index is 1230. The molecule has 10 nitrogen and oxygen atoms in total. The number of hydrogen-bond acceptors (Lipinski definition) is 7. The van der Waals surface area contributed by atoms with Crippen molar-refractivity contribution in [3.8, 4) is 5.88 Å². The Balaban J connectivity index is 1.39. The van der Waals surface area contributed by atoms with Crippen molar-refractivity contribution in [1.82, 2.24) is 25.0 Å². The van der Waals surface area contributed by atoms with Crippen LogP contribution in [0.5, 0.6) is 5.88 Å². The van der Waals surface area contributed by atoms with Gasteiger partial charge in [-0.25, -0.2) is 9.37 Å². The smallest absolute Gasteiger partial charge is 0.257 e. The molecule has 1 aromatic heterocycles. The summed E-state index contributed by atoms with van der Waals surface area (Å²) in [7, 11) is 0. The molecule has 39 heavy (non-hydrogen) atoms. The summed E-state index contributed by atoms with van der Waals surface area (Å²) in [6.45, 7) is 6.80. The van der Waals surface area contributed by atoms with Crippen molar-refractivity contribution >= 4 is 17.7 Å². The van der Waals surface area contributed by atoms with Gasteiger partial charge in [-0.2, -0.15) is 0 Å². The molecule has 5 rings (SSSR count). The summed E-state index contributed by atoms with van der Waals surface area (Å²) in [5, 5.41) is 3.06. The van der Waals surface area contributed by atoms with Crippen LogP contribution in [0, 0.1) is 11.7 Å². The SMILES string of the molecule is CC(C)CN1C[C@@H]2OCC(=O)N3CCN(C(=O)c4ccccc4F)C[C@H]3COc3ncccc3C(=O)N[C@@H]2C1. The molecule has 3 aliphatic heterocycles. The van der Waals surface area contributed by atoms with Crippen molar-refractivity contribution in [3.63, 3.8) is 0 Å². The van der Waals surface area contributed by atoms with Gasteiger partial charge in [-0.05, 0) is 30.2 Å². The summed E-state index contributed by atoms with van der Waals surface area (Å²) in [5.74, 6) is -1.01. The number of halogens is 1. The highest BCUT2D eigenvalue weighted by atomic mass is 19.1. The quantitative estimate of drug-likeness (QED) is 0.629. The molecule has 0 unspecified atom stereocenters. The van der Waals surface area contributed by atoms with Gasteiger partial charge in [0.1, 0.15) is 24.6 Å². The first-order valence-corrected chi connectivity index (χ1v) is 13.4. The molecule has 11 heteroatoms. The number of pyridine rings is 1. The second kappa shape index (κ2) is 11.7. The molecule has 1 aromatic carbocycles. The van der Waals surface area contributed by atoms with E-state index in [1.807, 2.05) is 0 Å². The predicted octanol–water partition coefficient (Wildman–Crippen LogP) is 1.42. The molecule has 0 aliphatic carbocycles. The van der Waals surface area contributed by atoms with Crippen LogP contribution in [-0.2, 0) is 9.53 Å². The third-order valence-corrected chi connectivity index (χ3v) is 7.33. The maximum atomic E-state index is 14.3. The molecular formula is C28H34FN5O5. The highest BCUT2D eigenvalue weighted by Crippen LogP contribution is 2.22. The summed E-state index contributed by atoms with van der Waals surface area (Å²) in [6, 6.07) is 8.31. The van der Waals surface area contributed by atoms with E-state index in [-0.39, 0.29) is 73.8 Å². The standard InChI is InChI=1S/C28H34FN5O5/c1-18(2)12-32-14-23-24(15-32)38-17-25(35)34-11-10-33(28(37)20-6-3-4-8-22(20)29)13-19(34)16-39-27-21(26(36)31-23)7-5-9-30-27/h3-9,18-19,23-24H,10-17H2,1-2H3,(H,31,36)/t19-,23+,24-/m0/s1. The number of piperazine rings is 1. The number of ether oxygens (including phenoxy) is 2. The lowest BCUT2D eigenvalue weighted by Gasteiger charge is -2.41. The van der Waals surface area contributed by atoms with Crippen LogP contribution in [0.3, 0.4) is 0 Å². The summed E-state index contributed by atoms with van der Waals surface area (Å²) >= 11 is 0. The first-order valence-electron chi connectivity index (χ1n) is 13.4. The Kier molecular flexibility index (Phi) is 8.08. The van der Waals surface area contributed by atoms with Crippen LogP contribution in [0.2, 0.25) is 0 Å². The van der Waals surface area contributed by atoms with Crippen molar-refractivity contribution in [2.24, 2.45) is 5.92 Å². The van der Waals surface area contributed by atoms with Crippen LogP contribution in [0.25, 0.3) is 0 Å². The van der Waals surface area contributed by atoms with Gasteiger partial charge in [-0.1, -0.05) is 26.0 Å². The van der Waals surface area contributed by atoms with Gasteiger partial charge >= 0.3 is 0 Å². The van der Waals surface area contributed by atoms with Crippen LogP contribution >= 0.6 is 0 Å². The van der Waals surface area contributed by atoms with Gasteiger partial charge in [0.05, 0.1) is 23.8 Å². The fourth-order valence-corrected chi connectivity index (χ4v) is 5.50. The number of amides is 3. The number of fused-ring (bicyclic) bond motifs is 3. The third-order valence-electron chi connectivity index (χ3n) is 7.33. The molecule has 0 radical (unpaired) electrons. The van der Waals surface area contributed by atoms with E-state index in [0.717, 1.165) is 6.54 Å². The molecule has 208 valence electrons. The molecule has 0 saturated carbocycles. The number of nitrogens with one attached hydrogen (secondary N) is 1. The minimum absolute atomic E-state index is 0.000884. The molecule has 2 aromatic rings. The van der Waals surface area contributed by atoms with E-state index in [9.17, 15) is 18.8 Å². The minimum Gasteiger partial charge on any atom is -0.475 e. The third kappa shape index (κ3) is 6.04. The highest BCUT2D eigenvalue weighted by Gasteiger charge is 2.39. The average molecular weight is 540 g/mol. The first kappa shape index (κ1) is 27.0. The Labute approximate surface area is 227 Å². The van der Waals surface area contributed by atoms with E-state index >= 15 is 0 Å². The Morgan fingerprint density at radius 1 is 1.13 bits per heavy atom. The van der Waals surface area contributed by atoms with Crippen LogP contribution in [0.4, 0.5) is 4.39 Å². The van der Waals surface area contributed by atoms with Crippen LogP contribution in [0.15, 0.2) is 42.6 Å². The molecule has 1 N–H and O–H groups in total. The number of carbonyl (C=O) groups is 3. The summed E-state index contributed by atoms with van der Waals surface area (Å²) in [5.41, 5.74) is 0.263. The second-order valence-corrected chi connectivity index (χ2v) is 10.7. The topological polar surface area (TPSA) is 104 Å². The molecule has 3 atom stereocenters. The zero-order chi connectivity index (χ0) is 27.5. The van der Waals surface area contributed by atoms with E-state index in [1.54, 1.807) is 23.1 Å². The molecule has 3 aliphatic rings. The fraction of sp³-hybridized carbons (Fsp3) is 0.500. The number of rotatable bonds is 3. The van der Waals surface area contributed by atoms with E-state index in [4.69, 9.17) is 9.47 Å². The zero-order valence-electron chi connectivity index (χ0n) is 22.2. The normalized spacial score (nSPS) is 24.5. The monoisotopic (exact) mass is 539 g/mol. The van der Waals surface area contributed by atoms with Gasteiger partial charge in [0.25, 0.3) is 11.8 Å². The lowest BCUT2D eigenvalue weighted by Crippen LogP contribution is -2.59. The van der Waals surface area contributed by atoms with Crippen LogP contribution < -0.4 is 10.1 Å². The molecule has 4 heterocycles. The molecule has 0 bridgehead atoms.